The number of nitrogens with one attached hydrogen (secondary N) is 1. The molecule has 2 aromatic rings. The average molecular weight is 391 g/mol. The fraction of sp³-hybridized carbons (Fsp3) is 0.125. The molecule has 0 radical (unpaired) electrons. The fourth-order valence-corrected chi connectivity index (χ4v) is 2.18. The summed E-state index contributed by atoms with van der Waals surface area (Å²) < 4.78 is 48.7. The number of hydrogen-bond donors (Lipinski definition) is 1. The number of rotatable bonds is 5. The second-order valence-corrected chi connectivity index (χ2v) is 5.06. The van der Waals surface area contributed by atoms with Gasteiger partial charge in [-0.2, -0.15) is 0 Å². The van der Waals surface area contributed by atoms with Gasteiger partial charge in [0, 0.05) is 5.69 Å². The topological polar surface area (TPSA) is 64.6 Å². The Morgan fingerprint density at radius 1 is 1.04 bits per heavy atom. The van der Waals surface area contributed by atoms with Crippen LogP contribution in [0.4, 0.5) is 18.6 Å². The Bertz CT molecular complexity index is 814. The van der Waals surface area contributed by atoms with E-state index in [0.717, 1.165) is 19.2 Å². The molecule has 10 heteroatoms. The molecule has 26 heavy (non-hydrogen) atoms. The number of carbonyl (C=O) groups excluding carboxylic acids is 2. The standard InChI is InChI=1S/C16H14BF3NO4.K/c1-24-14-6-4-3-5-13(14)15(22)21-12-8-10(16(23)25-2)7-11(9-12)17(18,19)20;/h3-9H,1-2H3,(H,21,22);/q-1;+1. The molecule has 0 aliphatic carbocycles. The third-order valence-corrected chi connectivity index (χ3v) is 3.36. The van der Waals surface area contributed by atoms with Crippen molar-refractivity contribution < 1.29 is 83.4 Å². The molecule has 1 amide bonds. The second-order valence-electron chi connectivity index (χ2n) is 5.06. The number of amides is 1. The summed E-state index contributed by atoms with van der Waals surface area (Å²) in [6.45, 7) is -5.36. The SMILES string of the molecule is COC(=O)c1cc(NC(=O)c2ccccc2OC)cc([B-](F)(F)F)c1.[K+]. The van der Waals surface area contributed by atoms with E-state index in [4.69, 9.17) is 4.74 Å². The van der Waals surface area contributed by atoms with E-state index in [0.29, 0.717) is 6.07 Å². The van der Waals surface area contributed by atoms with Gasteiger partial charge in [0.15, 0.2) is 0 Å². The van der Waals surface area contributed by atoms with E-state index in [1.54, 1.807) is 18.2 Å². The summed E-state index contributed by atoms with van der Waals surface area (Å²) in [5.41, 5.74) is -1.35. The Morgan fingerprint density at radius 2 is 1.69 bits per heavy atom. The van der Waals surface area contributed by atoms with Crippen LogP contribution in [0, 0.1) is 0 Å². The van der Waals surface area contributed by atoms with Crippen molar-refractivity contribution in [1.82, 2.24) is 0 Å². The summed E-state index contributed by atoms with van der Waals surface area (Å²) in [4.78, 5) is 23.9. The van der Waals surface area contributed by atoms with E-state index in [9.17, 15) is 22.5 Å². The van der Waals surface area contributed by atoms with Crippen LogP contribution in [-0.4, -0.2) is 33.1 Å². The van der Waals surface area contributed by atoms with Crippen molar-refractivity contribution in [1.29, 1.82) is 0 Å². The van der Waals surface area contributed by atoms with Crippen molar-refractivity contribution >= 4 is 30.0 Å². The molecule has 1 N–H and O–H groups in total. The molecule has 0 bridgehead atoms. The summed E-state index contributed by atoms with van der Waals surface area (Å²) in [5.74, 6) is -1.33. The molecule has 0 fully saturated rings. The molecule has 2 aromatic carbocycles. The van der Waals surface area contributed by atoms with Crippen LogP contribution in [0.2, 0.25) is 0 Å². The number of benzene rings is 2. The zero-order valence-electron chi connectivity index (χ0n) is 14.4. The van der Waals surface area contributed by atoms with Crippen molar-refractivity contribution in [3.8, 4) is 5.75 Å². The number of methoxy groups -OCH3 is 2. The number of hydrogen-bond acceptors (Lipinski definition) is 4. The van der Waals surface area contributed by atoms with Gasteiger partial charge >= 0.3 is 64.3 Å². The van der Waals surface area contributed by atoms with Crippen molar-refractivity contribution in [3.05, 3.63) is 53.6 Å². The molecular weight excluding hydrogens is 377 g/mol. The molecule has 0 atom stereocenters. The van der Waals surface area contributed by atoms with Gasteiger partial charge in [0.25, 0.3) is 5.91 Å². The maximum atomic E-state index is 13.1. The summed E-state index contributed by atoms with van der Waals surface area (Å²) in [5, 5.41) is 2.35. The average Bonchev–Trinajstić information content (AvgIpc) is 2.59. The predicted molar refractivity (Wildman–Crippen MR) is 87.4 cm³/mol. The maximum absolute atomic E-state index is 13.1. The Labute approximate surface area is 190 Å². The Morgan fingerprint density at radius 3 is 2.27 bits per heavy atom. The number of halogens is 3. The van der Waals surface area contributed by atoms with E-state index >= 15 is 0 Å². The number of anilines is 1. The normalized spacial score (nSPS) is 10.5. The zero-order valence-corrected chi connectivity index (χ0v) is 17.5. The van der Waals surface area contributed by atoms with Gasteiger partial charge in [-0.1, -0.05) is 24.3 Å². The Hall–Kier alpha value is -1.33. The van der Waals surface area contributed by atoms with Crippen molar-refractivity contribution in [3.63, 3.8) is 0 Å². The third kappa shape index (κ3) is 5.58. The minimum atomic E-state index is -5.36. The first-order chi connectivity index (χ1) is 11.8. The van der Waals surface area contributed by atoms with Crippen LogP contribution in [0.5, 0.6) is 5.75 Å². The molecule has 132 valence electrons. The summed E-state index contributed by atoms with van der Waals surface area (Å²) in [6.07, 6.45) is 0. The first-order valence-corrected chi connectivity index (χ1v) is 7.14. The molecule has 0 spiro atoms. The number of ether oxygens (including phenoxy) is 2. The van der Waals surface area contributed by atoms with Crippen LogP contribution in [0.15, 0.2) is 42.5 Å². The van der Waals surface area contributed by atoms with Gasteiger partial charge in [-0.3, -0.25) is 4.79 Å². The molecule has 0 aromatic heterocycles. The number of carbonyl (C=O) groups is 2. The van der Waals surface area contributed by atoms with Crippen LogP contribution in [0.3, 0.4) is 0 Å². The minimum Gasteiger partial charge on any atom is -0.496 e. The molecule has 0 heterocycles. The monoisotopic (exact) mass is 391 g/mol. The Balaban J connectivity index is 0.00000338. The summed E-state index contributed by atoms with van der Waals surface area (Å²) in [7, 11) is 2.43. The van der Waals surface area contributed by atoms with E-state index in [2.05, 4.69) is 10.1 Å². The van der Waals surface area contributed by atoms with Gasteiger partial charge in [0.1, 0.15) is 5.75 Å². The van der Waals surface area contributed by atoms with Gasteiger partial charge in [0.05, 0.1) is 25.3 Å². The third-order valence-electron chi connectivity index (χ3n) is 3.36. The van der Waals surface area contributed by atoms with Gasteiger partial charge in [-0.05, 0) is 18.2 Å². The molecule has 0 saturated heterocycles. The first-order valence-electron chi connectivity index (χ1n) is 7.14. The molecular formula is C16H14BF3KNO4. The van der Waals surface area contributed by atoms with Crippen LogP contribution in [-0.2, 0) is 4.74 Å². The zero-order chi connectivity index (χ0) is 18.6. The van der Waals surface area contributed by atoms with E-state index in [1.165, 1.54) is 13.2 Å². The molecule has 0 unspecified atom stereocenters. The van der Waals surface area contributed by atoms with E-state index in [-0.39, 0.29) is 73.9 Å². The smallest absolute Gasteiger partial charge is 0.496 e. The summed E-state index contributed by atoms with van der Waals surface area (Å²) >= 11 is 0. The van der Waals surface area contributed by atoms with Crippen LogP contribution < -0.4 is 66.9 Å². The van der Waals surface area contributed by atoms with Gasteiger partial charge in [-0.25, -0.2) is 4.79 Å². The van der Waals surface area contributed by atoms with Crippen LogP contribution >= 0.6 is 0 Å². The van der Waals surface area contributed by atoms with Gasteiger partial charge < -0.3 is 27.7 Å². The molecule has 0 saturated carbocycles. The van der Waals surface area contributed by atoms with E-state index < -0.39 is 24.3 Å². The first kappa shape index (κ1) is 22.7. The molecule has 0 aliphatic heterocycles. The minimum absolute atomic E-state index is 0. The molecule has 5 nitrogen and oxygen atoms in total. The number of esters is 1. The number of para-hydroxylation sites is 1. The van der Waals surface area contributed by atoms with Crippen LogP contribution in [0.1, 0.15) is 20.7 Å². The quantitative estimate of drug-likeness (QED) is 0.566. The van der Waals surface area contributed by atoms with Crippen molar-refractivity contribution in [2.75, 3.05) is 19.5 Å². The fourth-order valence-electron chi connectivity index (χ4n) is 2.18. The van der Waals surface area contributed by atoms with E-state index in [1.807, 2.05) is 0 Å². The van der Waals surface area contributed by atoms with Gasteiger partial charge in [0.2, 0.25) is 0 Å². The largest absolute Gasteiger partial charge is 1.00 e. The van der Waals surface area contributed by atoms with Crippen LogP contribution in [0.25, 0.3) is 0 Å². The maximum Gasteiger partial charge on any atom is 1.00 e. The van der Waals surface area contributed by atoms with Gasteiger partial charge in [-0.15, -0.1) is 5.46 Å². The van der Waals surface area contributed by atoms with Crippen molar-refractivity contribution in [2.24, 2.45) is 0 Å². The second kappa shape index (κ2) is 9.56. The predicted octanol–water partition coefficient (Wildman–Crippen LogP) is -0.208. The Kier molecular flexibility index (Phi) is 8.35. The molecule has 0 aliphatic rings. The van der Waals surface area contributed by atoms with Crippen molar-refractivity contribution in [2.45, 2.75) is 0 Å². The summed E-state index contributed by atoms with van der Waals surface area (Å²) in [6, 6.07) is 8.82. The molecule has 2 rings (SSSR count).